The Morgan fingerprint density at radius 3 is 1.74 bits per heavy atom. The SMILES string of the molecule is O=C(N1CCCCC1)C(F)(F)[C@]1(F)OC(F)(F)C(F)(F)C1(F)F. The van der Waals surface area contributed by atoms with Crippen molar-refractivity contribution in [1.82, 2.24) is 4.90 Å². The number of piperidine rings is 1. The van der Waals surface area contributed by atoms with Crippen LogP contribution in [0.3, 0.4) is 0 Å². The number of hydrogen-bond acceptors (Lipinski definition) is 2. The molecule has 0 aromatic rings. The van der Waals surface area contributed by atoms with E-state index in [1.807, 2.05) is 0 Å². The van der Waals surface area contributed by atoms with Crippen molar-refractivity contribution in [3.63, 3.8) is 0 Å². The molecule has 0 N–H and O–H groups in total. The van der Waals surface area contributed by atoms with E-state index in [-0.39, 0.29) is 30.8 Å². The molecule has 12 heteroatoms. The highest BCUT2D eigenvalue weighted by molar-refractivity contribution is 5.85. The second kappa shape index (κ2) is 4.90. The van der Waals surface area contributed by atoms with E-state index in [0.29, 0.717) is 6.42 Å². The molecule has 2 fully saturated rings. The van der Waals surface area contributed by atoms with Crippen molar-refractivity contribution >= 4 is 5.91 Å². The second-order valence-electron chi connectivity index (χ2n) is 5.29. The van der Waals surface area contributed by atoms with Crippen LogP contribution in [0.15, 0.2) is 0 Å². The number of carbonyl (C=O) groups excluding carboxylic acids is 1. The summed E-state index contributed by atoms with van der Waals surface area (Å²) < 4.78 is 122. The van der Waals surface area contributed by atoms with E-state index in [1.165, 1.54) is 0 Å². The number of alkyl halides is 9. The first kappa shape index (κ1) is 18.1. The maximum Gasteiger partial charge on any atom is 0.428 e. The molecule has 2 aliphatic rings. The zero-order valence-corrected chi connectivity index (χ0v) is 11.2. The molecule has 1 amide bonds. The molecule has 2 heterocycles. The van der Waals surface area contributed by atoms with E-state index < -0.39 is 35.6 Å². The van der Waals surface area contributed by atoms with E-state index in [0.717, 1.165) is 0 Å². The lowest BCUT2D eigenvalue weighted by Gasteiger charge is -2.36. The van der Waals surface area contributed by atoms with Crippen molar-refractivity contribution in [2.45, 2.75) is 49.0 Å². The summed E-state index contributed by atoms with van der Waals surface area (Å²) in [5, 5.41) is 0. The van der Waals surface area contributed by atoms with Crippen molar-refractivity contribution in [1.29, 1.82) is 0 Å². The molecule has 0 aliphatic carbocycles. The summed E-state index contributed by atoms with van der Waals surface area (Å²) in [7, 11) is 0. The number of ether oxygens (including phenoxy) is 1. The van der Waals surface area contributed by atoms with Crippen LogP contribution in [0.4, 0.5) is 39.5 Å². The van der Waals surface area contributed by atoms with E-state index in [2.05, 4.69) is 4.74 Å². The van der Waals surface area contributed by atoms with Crippen LogP contribution in [0.1, 0.15) is 19.3 Å². The minimum atomic E-state index is -6.63. The van der Waals surface area contributed by atoms with E-state index in [4.69, 9.17) is 0 Å². The third kappa shape index (κ3) is 2.13. The average Bonchev–Trinajstić information content (AvgIpc) is 2.55. The molecule has 0 bridgehead atoms. The predicted octanol–water partition coefficient (Wildman–Crippen LogP) is 3.19. The summed E-state index contributed by atoms with van der Waals surface area (Å²) in [5.41, 5.74) is 0. The molecule has 0 aromatic carbocycles. The smallest absolute Gasteiger partial charge is 0.337 e. The topological polar surface area (TPSA) is 29.5 Å². The van der Waals surface area contributed by atoms with Crippen LogP contribution < -0.4 is 0 Å². The quantitative estimate of drug-likeness (QED) is 0.709. The van der Waals surface area contributed by atoms with Crippen LogP contribution in [0.2, 0.25) is 0 Å². The van der Waals surface area contributed by atoms with Gasteiger partial charge in [-0.25, -0.2) is 0 Å². The molecule has 0 aromatic heterocycles. The van der Waals surface area contributed by atoms with Crippen LogP contribution in [0, 0.1) is 0 Å². The van der Waals surface area contributed by atoms with Crippen molar-refractivity contribution in [2.24, 2.45) is 0 Å². The largest absolute Gasteiger partial charge is 0.428 e. The molecular formula is C11H10F9NO2. The summed E-state index contributed by atoms with van der Waals surface area (Å²) in [6.45, 7) is -0.744. The minimum Gasteiger partial charge on any atom is -0.337 e. The van der Waals surface area contributed by atoms with Gasteiger partial charge in [0.05, 0.1) is 0 Å². The average molecular weight is 359 g/mol. The lowest BCUT2D eigenvalue weighted by molar-refractivity contribution is -0.368. The zero-order valence-electron chi connectivity index (χ0n) is 11.2. The van der Waals surface area contributed by atoms with Gasteiger partial charge in [0.15, 0.2) is 0 Å². The Hall–Kier alpha value is -1.20. The minimum absolute atomic E-state index is 0.185. The van der Waals surface area contributed by atoms with Gasteiger partial charge in [-0.2, -0.15) is 39.5 Å². The van der Waals surface area contributed by atoms with Crippen LogP contribution in [-0.2, 0) is 9.53 Å². The van der Waals surface area contributed by atoms with Gasteiger partial charge in [-0.3, -0.25) is 9.53 Å². The van der Waals surface area contributed by atoms with E-state index >= 15 is 0 Å². The molecule has 0 saturated carbocycles. The summed E-state index contributed by atoms with van der Waals surface area (Å²) in [4.78, 5) is 11.8. The van der Waals surface area contributed by atoms with Crippen molar-refractivity contribution in [3.05, 3.63) is 0 Å². The summed E-state index contributed by atoms with van der Waals surface area (Å²) in [6, 6.07) is 0. The monoisotopic (exact) mass is 359 g/mol. The summed E-state index contributed by atoms with van der Waals surface area (Å²) in [6.07, 6.45) is -5.33. The third-order valence-electron chi connectivity index (χ3n) is 3.75. The number of halogens is 9. The third-order valence-corrected chi connectivity index (χ3v) is 3.75. The van der Waals surface area contributed by atoms with Crippen LogP contribution in [0.5, 0.6) is 0 Å². The molecule has 2 aliphatic heterocycles. The molecule has 0 radical (unpaired) electrons. The van der Waals surface area contributed by atoms with Crippen LogP contribution >= 0.6 is 0 Å². The molecule has 1 atom stereocenters. The fourth-order valence-corrected chi connectivity index (χ4v) is 2.38. The van der Waals surface area contributed by atoms with Crippen molar-refractivity contribution in [3.8, 4) is 0 Å². The van der Waals surface area contributed by atoms with Gasteiger partial charge in [0.2, 0.25) is 0 Å². The molecule has 3 nitrogen and oxygen atoms in total. The number of likely N-dealkylation sites (tertiary alicyclic amines) is 1. The first-order valence-corrected chi connectivity index (χ1v) is 6.42. The first-order valence-electron chi connectivity index (χ1n) is 6.42. The van der Waals surface area contributed by atoms with Gasteiger partial charge in [0.1, 0.15) is 0 Å². The standard InChI is InChI=1S/C11H10F9NO2/c12-7(13,6(22)21-4-2-1-3-5-21)10(18)8(14,15)9(16,17)11(19,20)23-10/h1-5H2/t10-/m0/s1. The lowest BCUT2D eigenvalue weighted by Crippen LogP contribution is -2.65. The zero-order chi connectivity index (χ0) is 17.9. The lowest BCUT2D eigenvalue weighted by atomic mass is 9.98. The molecule has 23 heavy (non-hydrogen) atoms. The first-order chi connectivity index (χ1) is 10.2. The number of hydrogen-bond donors (Lipinski definition) is 0. The van der Waals surface area contributed by atoms with Gasteiger partial charge in [0, 0.05) is 13.1 Å². The van der Waals surface area contributed by atoms with Gasteiger partial charge >= 0.3 is 29.7 Å². The Morgan fingerprint density at radius 2 is 1.35 bits per heavy atom. The summed E-state index contributed by atoms with van der Waals surface area (Å²) >= 11 is 0. The number of carbonyl (C=O) groups is 1. The highest BCUT2D eigenvalue weighted by Gasteiger charge is 2.96. The van der Waals surface area contributed by atoms with Crippen LogP contribution in [0.25, 0.3) is 0 Å². The maximum atomic E-state index is 13.9. The number of rotatable bonds is 2. The Balaban J connectivity index is 2.43. The number of nitrogens with zero attached hydrogens (tertiary/aromatic N) is 1. The fraction of sp³-hybridized carbons (Fsp3) is 0.909. The highest BCUT2D eigenvalue weighted by Crippen LogP contribution is 2.64. The Kier molecular flexibility index (Phi) is 3.86. The van der Waals surface area contributed by atoms with Crippen molar-refractivity contribution < 1.29 is 49.0 Å². The Bertz CT molecular complexity index is 504. The van der Waals surface area contributed by atoms with Crippen molar-refractivity contribution in [2.75, 3.05) is 13.1 Å². The van der Waals surface area contributed by atoms with Gasteiger partial charge in [-0.05, 0) is 19.3 Å². The van der Waals surface area contributed by atoms with Gasteiger partial charge < -0.3 is 4.90 Å². The van der Waals surface area contributed by atoms with Gasteiger partial charge in [0.25, 0.3) is 5.91 Å². The van der Waals surface area contributed by atoms with Gasteiger partial charge in [-0.15, -0.1) is 0 Å². The van der Waals surface area contributed by atoms with E-state index in [1.54, 1.807) is 0 Å². The second-order valence-corrected chi connectivity index (χ2v) is 5.29. The normalized spacial score (nSPS) is 32.8. The molecular weight excluding hydrogens is 349 g/mol. The molecule has 2 rings (SSSR count). The number of amides is 1. The summed E-state index contributed by atoms with van der Waals surface area (Å²) in [5.74, 6) is -27.9. The maximum absolute atomic E-state index is 13.9. The Morgan fingerprint density at radius 1 is 0.870 bits per heavy atom. The Labute approximate surface area is 123 Å². The molecule has 134 valence electrons. The fourth-order valence-electron chi connectivity index (χ4n) is 2.38. The predicted molar refractivity (Wildman–Crippen MR) is 55.1 cm³/mol. The van der Waals surface area contributed by atoms with Gasteiger partial charge in [-0.1, -0.05) is 0 Å². The van der Waals surface area contributed by atoms with Crippen LogP contribution in [-0.4, -0.2) is 53.6 Å². The molecule has 0 unspecified atom stereocenters. The highest BCUT2D eigenvalue weighted by atomic mass is 19.4. The molecule has 2 saturated heterocycles. The molecule has 0 spiro atoms. The van der Waals surface area contributed by atoms with E-state index in [9.17, 15) is 44.3 Å².